The van der Waals surface area contributed by atoms with Gasteiger partial charge in [-0.25, -0.2) is 4.98 Å². The number of benzene rings is 1. The smallest absolute Gasteiger partial charge is 0.256 e. The Kier molecular flexibility index (Phi) is 5.20. The van der Waals surface area contributed by atoms with Gasteiger partial charge in [0, 0.05) is 31.0 Å². The fourth-order valence-electron chi connectivity index (χ4n) is 2.53. The maximum atomic E-state index is 12.3. The average molecular weight is 375 g/mol. The fraction of sp³-hybridized carbons (Fsp3) is 0.278. The molecule has 1 aromatic carbocycles. The van der Waals surface area contributed by atoms with Gasteiger partial charge in [0.05, 0.1) is 17.0 Å². The van der Waals surface area contributed by atoms with Crippen LogP contribution >= 0.6 is 22.9 Å². The van der Waals surface area contributed by atoms with E-state index in [0.717, 1.165) is 16.3 Å². The summed E-state index contributed by atoms with van der Waals surface area (Å²) >= 11 is 7.73. The minimum atomic E-state index is -0.204. The molecule has 25 heavy (non-hydrogen) atoms. The number of carbonyl (C=O) groups excluding carboxylic acids is 1. The maximum Gasteiger partial charge on any atom is 0.256 e. The lowest BCUT2D eigenvalue weighted by atomic mass is 10.2. The third kappa shape index (κ3) is 3.91. The van der Waals surface area contributed by atoms with E-state index in [1.165, 1.54) is 10.2 Å². The van der Waals surface area contributed by atoms with E-state index >= 15 is 0 Å². The number of aromatic nitrogens is 3. The molecule has 0 saturated heterocycles. The number of amides is 1. The summed E-state index contributed by atoms with van der Waals surface area (Å²) in [6, 6.07) is 8.31. The highest BCUT2D eigenvalue weighted by molar-refractivity contribution is 7.13. The number of nitrogens with one attached hydrogen (secondary N) is 1. The molecule has 2 aromatic heterocycles. The zero-order chi connectivity index (χ0) is 18.0. The van der Waals surface area contributed by atoms with Gasteiger partial charge >= 0.3 is 0 Å². The van der Waals surface area contributed by atoms with Crippen molar-refractivity contribution in [2.75, 3.05) is 6.54 Å². The molecule has 0 saturated carbocycles. The Morgan fingerprint density at radius 3 is 2.64 bits per heavy atom. The molecule has 7 heteroatoms. The monoisotopic (exact) mass is 374 g/mol. The van der Waals surface area contributed by atoms with Crippen molar-refractivity contribution in [2.45, 2.75) is 20.3 Å². The van der Waals surface area contributed by atoms with Gasteiger partial charge in [0.2, 0.25) is 0 Å². The van der Waals surface area contributed by atoms with Crippen molar-refractivity contribution in [1.82, 2.24) is 20.1 Å². The molecule has 0 unspecified atom stereocenters. The predicted octanol–water partition coefficient (Wildman–Crippen LogP) is 3.79. The second kappa shape index (κ2) is 7.37. The molecular weight excluding hydrogens is 356 g/mol. The van der Waals surface area contributed by atoms with Crippen molar-refractivity contribution >= 4 is 28.8 Å². The minimum Gasteiger partial charge on any atom is -0.351 e. The summed E-state index contributed by atoms with van der Waals surface area (Å²) in [4.78, 5) is 16.9. The highest BCUT2D eigenvalue weighted by Gasteiger charge is 2.18. The Bertz CT molecular complexity index is 898. The van der Waals surface area contributed by atoms with Gasteiger partial charge in [0.15, 0.2) is 0 Å². The Morgan fingerprint density at radius 1 is 1.28 bits per heavy atom. The lowest BCUT2D eigenvalue weighted by molar-refractivity contribution is 0.0953. The highest BCUT2D eigenvalue weighted by atomic mass is 35.5. The van der Waals surface area contributed by atoms with Crippen molar-refractivity contribution in [3.63, 3.8) is 0 Å². The maximum absolute atomic E-state index is 12.3. The van der Waals surface area contributed by atoms with Crippen molar-refractivity contribution in [1.29, 1.82) is 0 Å². The number of aryl methyl sites for hydroxylation is 3. The summed E-state index contributed by atoms with van der Waals surface area (Å²) in [7, 11) is 1.72. The Morgan fingerprint density at radius 2 is 2.00 bits per heavy atom. The van der Waals surface area contributed by atoms with E-state index in [2.05, 4.69) is 46.6 Å². The second-order valence-corrected chi connectivity index (χ2v) is 7.11. The van der Waals surface area contributed by atoms with Gasteiger partial charge in [-0.3, -0.25) is 9.48 Å². The standard InChI is InChI=1S/C18H19ClN4OS/c1-11-4-6-13(7-5-11)18-21-14(10-25-18)8-9-20-17(24)15-12(2)22-23(3)16(15)19/h4-7,10H,8-9H2,1-3H3,(H,20,24). The molecule has 0 radical (unpaired) electrons. The van der Waals surface area contributed by atoms with Crippen LogP contribution in [0.5, 0.6) is 0 Å². The van der Waals surface area contributed by atoms with Gasteiger partial charge in [-0.2, -0.15) is 5.10 Å². The van der Waals surface area contributed by atoms with Gasteiger partial charge in [-0.15, -0.1) is 11.3 Å². The van der Waals surface area contributed by atoms with Crippen molar-refractivity contribution in [3.05, 3.63) is 57.3 Å². The second-order valence-electron chi connectivity index (χ2n) is 5.89. The molecule has 0 aliphatic rings. The lowest BCUT2D eigenvalue weighted by Crippen LogP contribution is -2.26. The van der Waals surface area contributed by atoms with E-state index in [9.17, 15) is 4.79 Å². The van der Waals surface area contributed by atoms with Gasteiger partial charge in [0.1, 0.15) is 10.2 Å². The largest absolute Gasteiger partial charge is 0.351 e. The van der Waals surface area contributed by atoms with Crippen LogP contribution in [0.3, 0.4) is 0 Å². The number of halogens is 1. The van der Waals surface area contributed by atoms with E-state index in [1.54, 1.807) is 25.3 Å². The molecule has 0 fully saturated rings. The van der Waals surface area contributed by atoms with Crippen LogP contribution in [0.4, 0.5) is 0 Å². The van der Waals surface area contributed by atoms with E-state index in [1.807, 2.05) is 5.38 Å². The first-order chi connectivity index (χ1) is 12.0. The van der Waals surface area contributed by atoms with Crippen LogP contribution in [-0.4, -0.2) is 27.2 Å². The normalized spacial score (nSPS) is 10.9. The zero-order valence-electron chi connectivity index (χ0n) is 14.3. The van der Waals surface area contributed by atoms with Crippen LogP contribution in [0.2, 0.25) is 5.15 Å². The van der Waals surface area contributed by atoms with Crippen LogP contribution in [0, 0.1) is 13.8 Å². The number of carbonyl (C=O) groups is 1. The molecule has 1 N–H and O–H groups in total. The summed E-state index contributed by atoms with van der Waals surface area (Å²) in [5.41, 5.74) is 4.37. The molecule has 1 amide bonds. The predicted molar refractivity (Wildman–Crippen MR) is 101 cm³/mol. The first-order valence-electron chi connectivity index (χ1n) is 7.94. The van der Waals surface area contributed by atoms with Crippen LogP contribution < -0.4 is 5.32 Å². The topological polar surface area (TPSA) is 59.8 Å². The van der Waals surface area contributed by atoms with Crippen molar-refractivity contribution < 1.29 is 4.79 Å². The summed E-state index contributed by atoms with van der Waals surface area (Å²) in [6.45, 7) is 4.34. The number of hydrogen-bond acceptors (Lipinski definition) is 4. The number of hydrogen-bond donors (Lipinski definition) is 1. The van der Waals surface area contributed by atoms with Crippen molar-refractivity contribution in [2.24, 2.45) is 7.05 Å². The molecule has 2 heterocycles. The first kappa shape index (κ1) is 17.6. The minimum absolute atomic E-state index is 0.204. The molecule has 0 atom stereocenters. The molecule has 5 nitrogen and oxygen atoms in total. The summed E-state index contributed by atoms with van der Waals surface area (Å²) in [6.07, 6.45) is 0.672. The quantitative estimate of drug-likeness (QED) is 0.739. The third-order valence-corrected chi connectivity index (χ3v) is 5.27. The molecule has 130 valence electrons. The van der Waals surface area contributed by atoms with E-state index in [-0.39, 0.29) is 5.91 Å². The van der Waals surface area contributed by atoms with Gasteiger partial charge in [-0.1, -0.05) is 41.4 Å². The SMILES string of the molecule is Cc1ccc(-c2nc(CCNC(=O)c3c(C)nn(C)c3Cl)cs2)cc1. The highest BCUT2D eigenvalue weighted by Crippen LogP contribution is 2.24. The first-order valence-corrected chi connectivity index (χ1v) is 9.20. The molecule has 0 aliphatic heterocycles. The summed E-state index contributed by atoms with van der Waals surface area (Å²) in [5.74, 6) is -0.204. The lowest BCUT2D eigenvalue weighted by Gasteiger charge is -2.03. The van der Waals surface area contributed by atoms with Crippen LogP contribution in [-0.2, 0) is 13.5 Å². The van der Waals surface area contributed by atoms with Gasteiger partial charge in [-0.05, 0) is 13.8 Å². The van der Waals surface area contributed by atoms with Crippen LogP contribution in [0.25, 0.3) is 10.6 Å². The Balaban J connectivity index is 1.59. The molecule has 0 aliphatic carbocycles. The number of rotatable bonds is 5. The Hall–Kier alpha value is -2.18. The molecule has 0 bridgehead atoms. The van der Waals surface area contributed by atoms with Crippen LogP contribution in [0.15, 0.2) is 29.6 Å². The summed E-state index contributed by atoms with van der Waals surface area (Å²) < 4.78 is 1.50. The molecular formula is C18H19ClN4OS. The van der Waals surface area contributed by atoms with Gasteiger partial charge in [0.25, 0.3) is 5.91 Å². The van der Waals surface area contributed by atoms with E-state index in [4.69, 9.17) is 11.6 Å². The van der Waals surface area contributed by atoms with Crippen molar-refractivity contribution in [3.8, 4) is 10.6 Å². The average Bonchev–Trinajstić information content (AvgIpc) is 3.13. The number of nitrogens with zero attached hydrogens (tertiary/aromatic N) is 3. The van der Waals surface area contributed by atoms with Crippen LogP contribution in [0.1, 0.15) is 27.3 Å². The number of thiazole rings is 1. The zero-order valence-corrected chi connectivity index (χ0v) is 15.9. The van der Waals surface area contributed by atoms with E-state index in [0.29, 0.717) is 29.4 Å². The molecule has 3 aromatic rings. The van der Waals surface area contributed by atoms with Gasteiger partial charge < -0.3 is 5.32 Å². The third-order valence-electron chi connectivity index (χ3n) is 3.90. The summed E-state index contributed by atoms with van der Waals surface area (Å²) in [5, 5.41) is 10.4. The fourth-order valence-corrected chi connectivity index (χ4v) is 3.65. The van der Waals surface area contributed by atoms with E-state index < -0.39 is 0 Å². The molecule has 3 rings (SSSR count). The molecule has 0 spiro atoms. The Labute approximate surface area is 155 Å².